The Labute approximate surface area is 169 Å². The molecule has 7 heteroatoms. The number of hydrogen-bond donors (Lipinski definition) is 1. The monoisotopic (exact) mass is 400 g/mol. The van der Waals surface area contributed by atoms with Crippen LogP contribution in [0.2, 0.25) is 0 Å². The third-order valence-electron chi connectivity index (χ3n) is 5.24. The molecule has 1 heterocycles. The lowest BCUT2D eigenvalue weighted by Crippen LogP contribution is -2.36. The van der Waals surface area contributed by atoms with Crippen LogP contribution in [0.4, 0.5) is 5.69 Å². The number of carbonyl (C=O) groups is 1. The molecular weight excluding hydrogens is 374 g/mol. The predicted molar refractivity (Wildman–Crippen MR) is 111 cm³/mol. The summed E-state index contributed by atoms with van der Waals surface area (Å²) in [5.74, 6) is 0.380. The number of benzene rings is 2. The lowest BCUT2D eigenvalue weighted by Gasteiger charge is -2.25. The zero-order valence-electron chi connectivity index (χ0n) is 16.2. The van der Waals surface area contributed by atoms with Crippen LogP contribution in [-0.2, 0) is 16.1 Å². The summed E-state index contributed by atoms with van der Waals surface area (Å²) in [5, 5.41) is 3.06. The van der Waals surface area contributed by atoms with Gasteiger partial charge in [-0.3, -0.25) is 9.00 Å². The minimum Gasteiger partial charge on any atom is -0.755 e. The second-order valence-corrected chi connectivity index (χ2v) is 8.20. The van der Waals surface area contributed by atoms with Crippen molar-refractivity contribution >= 4 is 22.9 Å². The van der Waals surface area contributed by atoms with Crippen molar-refractivity contribution in [1.82, 2.24) is 10.2 Å². The predicted octanol–water partition coefficient (Wildman–Crippen LogP) is 2.58. The van der Waals surface area contributed by atoms with E-state index in [1.54, 1.807) is 6.92 Å². The van der Waals surface area contributed by atoms with E-state index in [0.717, 1.165) is 31.6 Å². The largest absolute Gasteiger partial charge is 0.755 e. The number of rotatable bonds is 7. The Balaban J connectivity index is 1.64. The molecule has 1 aliphatic heterocycles. The number of hydrogen-bond acceptors (Lipinski definition) is 4. The molecule has 0 saturated carbocycles. The molecule has 1 amide bonds. The average Bonchev–Trinajstić information content (AvgIpc) is 3.16. The van der Waals surface area contributed by atoms with E-state index in [1.165, 1.54) is 16.9 Å². The second-order valence-electron chi connectivity index (χ2n) is 7.22. The first kappa shape index (κ1) is 20.5. The van der Waals surface area contributed by atoms with Crippen LogP contribution < -0.4 is 9.62 Å². The summed E-state index contributed by atoms with van der Waals surface area (Å²) in [4.78, 5) is 14.0. The van der Waals surface area contributed by atoms with E-state index in [0.29, 0.717) is 11.6 Å². The molecule has 0 radical (unpaired) electrons. The van der Waals surface area contributed by atoms with Crippen LogP contribution in [0.15, 0.2) is 54.6 Å². The van der Waals surface area contributed by atoms with E-state index in [1.807, 2.05) is 54.6 Å². The van der Waals surface area contributed by atoms with Gasteiger partial charge in [-0.25, -0.2) is 0 Å². The number of nitrogens with zero attached hydrogens (tertiary/aromatic N) is 2. The Bertz CT molecular complexity index is 813. The van der Waals surface area contributed by atoms with E-state index in [-0.39, 0.29) is 11.9 Å². The molecule has 0 spiro atoms. The van der Waals surface area contributed by atoms with Crippen LogP contribution in [0, 0.1) is 0 Å². The van der Waals surface area contributed by atoms with Gasteiger partial charge < -0.3 is 19.1 Å². The van der Waals surface area contributed by atoms with Crippen molar-refractivity contribution in [3.8, 4) is 0 Å². The van der Waals surface area contributed by atoms with Gasteiger partial charge in [-0.15, -0.1) is 0 Å². The van der Waals surface area contributed by atoms with Gasteiger partial charge in [-0.1, -0.05) is 42.5 Å². The summed E-state index contributed by atoms with van der Waals surface area (Å²) in [5.41, 5.74) is 2.98. The highest BCUT2D eigenvalue weighted by Crippen LogP contribution is 2.30. The van der Waals surface area contributed by atoms with Crippen LogP contribution in [-0.4, -0.2) is 46.3 Å². The normalized spacial score (nSPS) is 19.2. The molecule has 3 atom stereocenters. The molecule has 1 N–H and O–H groups in total. The van der Waals surface area contributed by atoms with Crippen LogP contribution in [0.3, 0.4) is 0 Å². The average molecular weight is 401 g/mol. The molecule has 2 aromatic carbocycles. The van der Waals surface area contributed by atoms with Crippen LogP contribution in [0.1, 0.15) is 36.4 Å². The van der Waals surface area contributed by atoms with Gasteiger partial charge in [0.15, 0.2) is 0 Å². The maximum atomic E-state index is 11.6. The molecule has 150 valence electrons. The summed E-state index contributed by atoms with van der Waals surface area (Å²) in [7, 11) is 1.53. The van der Waals surface area contributed by atoms with Crippen molar-refractivity contribution in [2.24, 2.45) is 0 Å². The maximum Gasteiger partial charge on any atom is 0.217 e. The highest BCUT2D eigenvalue weighted by atomic mass is 32.2. The fourth-order valence-electron chi connectivity index (χ4n) is 3.74. The van der Waals surface area contributed by atoms with Gasteiger partial charge in [0.2, 0.25) is 5.91 Å². The van der Waals surface area contributed by atoms with Crippen molar-refractivity contribution in [2.45, 2.75) is 25.3 Å². The quantitative estimate of drug-likeness (QED) is 0.725. The van der Waals surface area contributed by atoms with Crippen LogP contribution in [0.5, 0.6) is 0 Å². The molecule has 0 aromatic heterocycles. The van der Waals surface area contributed by atoms with Crippen molar-refractivity contribution < 1.29 is 13.6 Å². The molecule has 3 rings (SSSR count). The van der Waals surface area contributed by atoms with Gasteiger partial charge in [0.05, 0.1) is 6.04 Å². The fourth-order valence-corrected chi connectivity index (χ4v) is 4.03. The second kappa shape index (κ2) is 9.32. The Morgan fingerprint density at radius 1 is 1.25 bits per heavy atom. The highest BCUT2D eigenvalue weighted by molar-refractivity contribution is 7.80. The topological polar surface area (TPSA) is 75.7 Å². The Morgan fingerprint density at radius 2 is 1.93 bits per heavy atom. The molecule has 28 heavy (non-hydrogen) atoms. The standard InChI is InChI=1S/C21H27N3O3S/c1-16(25)22-21(18-6-4-3-5-7-18)15-24-13-12-19(14-24)17-8-10-20(11-9-17)23(2)28(26)27/h3-11,19,21H,12-15H2,1-2H3,(H,22,25)(H,26,27)/p-1/t19?,21-/m1/s1. The summed E-state index contributed by atoms with van der Waals surface area (Å²) < 4.78 is 23.3. The van der Waals surface area contributed by atoms with Crippen molar-refractivity contribution in [3.63, 3.8) is 0 Å². The number of carbonyl (C=O) groups excluding carboxylic acids is 1. The molecule has 0 aliphatic carbocycles. The molecule has 6 nitrogen and oxygen atoms in total. The Kier molecular flexibility index (Phi) is 6.83. The van der Waals surface area contributed by atoms with E-state index >= 15 is 0 Å². The number of anilines is 1. The van der Waals surface area contributed by atoms with E-state index in [4.69, 9.17) is 0 Å². The molecule has 1 saturated heterocycles. The maximum absolute atomic E-state index is 11.6. The number of amides is 1. The van der Waals surface area contributed by atoms with Crippen molar-refractivity contribution in [1.29, 1.82) is 0 Å². The first-order chi connectivity index (χ1) is 13.4. The number of nitrogens with one attached hydrogen (secondary N) is 1. The zero-order chi connectivity index (χ0) is 20.1. The summed E-state index contributed by atoms with van der Waals surface area (Å²) in [6.45, 7) is 4.22. The first-order valence-electron chi connectivity index (χ1n) is 9.41. The third-order valence-corrected chi connectivity index (χ3v) is 5.90. The highest BCUT2D eigenvalue weighted by Gasteiger charge is 2.26. The van der Waals surface area contributed by atoms with Gasteiger partial charge in [0, 0.05) is 44.0 Å². The lowest BCUT2D eigenvalue weighted by molar-refractivity contribution is -0.119. The van der Waals surface area contributed by atoms with E-state index in [9.17, 15) is 13.6 Å². The SMILES string of the molecule is CC(=O)N[C@H](CN1CCC(c2ccc(N(C)S(=O)[O-])cc2)C1)c1ccccc1. The van der Waals surface area contributed by atoms with Gasteiger partial charge in [-0.2, -0.15) is 0 Å². The summed E-state index contributed by atoms with van der Waals surface area (Å²) >= 11 is -2.27. The molecule has 0 bridgehead atoms. The third kappa shape index (κ3) is 5.19. The minimum atomic E-state index is -2.27. The van der Waals surface area contributed by atoms with Crippen molar-refractivity contribution in [2.75, 3.05) is 31.0 Å². The number of likely N-dealkylation sites (tertiary alicyclic amines) is 1. The van der Waals surface area contributed by atoms with Crippen molar-refractivity contribution in [3.05, 3.63) is 65.7 Å². The summed E-state index contributed by atoms with van der Waals surface area (Å²) in [6, 6.07) is 17.7. The molecule has 2 unspecified atom stereocenters. The summed E-state index contributed by atoms with van der Waals surface area (Å²) in [6.07, 6.45) is 1.05. The molecule has 2 aromatic rings. The lowest BCUT2D eigenvalue weighted by atomic mass is 9.98. The van der Waals surface area contributed by atoms with Gasteiger partial charge >= 0.3 is 0 Å². The minimum absolute atomic E-state index is 0.0273. The molecule has 1 fully saturated rings. The molecule has 1 aliphatic rings. The van der Waals surface area contributed by atoms with Gasteiger partial charge in [0.1, 0.15) is 0 Å². The first-order valence-corrected chi connectivity index (χ1v) is 10.4. The zero-order valence-corrected chi connectivity index (χ0v) is 17.0. The van der Waals surface area contributed by atoms with E-state index < -0.39 is 11.3 Å². The Morgan fingerprint density at radius 3 is 2.54 bits per heavy atom. The van der Waals surface area contributed by atoms with Gasteiger partial charge in [-0.05, 0) is 42.1 Å². The Hall–Kier alpha value is -2.22. The smallest absolute Gasteiger partial charge is 0.217 e. The fraction of sp³-hybridized carbons (Fsp3) is 0.381. The van der Waals surface area contributed by atoms with E-state index in [2.05, 4.69) is 10.2 Å². The van der Waals surface area contributed by atoms with Gasteiger partial charge in [0.25, 0.3) is 0 Å². The van der Waals surface area contributed by atoms with Crippen LogP contribution >= 0.6 is 0 Å². The van der Waals surface area contributed by atoms with Crippen LogP contribution in [0.25, 0.3) is 0 Å². The molecular formula is C21H26N3O3S-.